The summed E-state index contributed by atoms with van der Waals surface area (Å²) < 4.78 is 0. The molecule has 5 nitrogen and oxygen atoms in total. The van der Waals surface area contributed by atoms with E-state index in [4.69, 9.17) is 0 Å². The second-order valence-corrected chi connectivity index (χ2v) is 8.31. The van der Waals surface area contributed by atoms with Crippen LogP contribution in [0.25, 0.3) is 0 Å². The fraction of sp³-hybridized carbons (Fsp3) is 0.455. The van der Waals surface area contributed by atoms with Gasteiger partial charge in [-0.15, -0.1) is 11.3 Å². The molecule has 1 heterocycles. The van der Waals surface area contributed by atoms with Crippen LogP contribution in [0.1, 0.15) is 36.1 Å². The van der Waals surface area contributed by atoms with Gasteiger partial charge in [-0.25, -0.2) is 4.79 Å². The van der Waals surface area contributed by atoms with E-state index in [1.165, 1.54) is 23.3 Å². The number of urea groups is 1. The Morgan fingerprint density at radius 2 is 1.82 bits per heavy atom. The quantitative estimate of drug-likeness (QED) is 0.677. The van der Waals surface area contributed by atoms with Crippen molar-refractivity contribution in [3.05, 3.63) is 58.3 Å². The zero-order chi connectivity index (χ0) is 19.6. The maximum Gasteiger partial charge on any atom is 0.321 e. The Labute approximate surface area is 171 Å². The van der Waals surface area contributed by atoms with Gasteiger partial charge in [0, 0.05) is 24.0 Å². The molecule has 0 unspecified atom stereocenters. The summed E-state index contributed by atoms with van der Waals surface area (Å²) in [5.41, 5.74) is 1.28. The van der Waals surface area contributed by atoms with Gasteiger partial charge in [0.05, 0.1) is 6.54 Å². The van der Waals surface area contributed by atoms with E-state index in [1.54, 1.807) is 11.3 Å². The molecule has 1 fully saturated rings. The van der Waals surface area contributed by atoms with Crippen LogP contribution >= 0.6 is 11.3 Å². The lowest BCUT2D eigenvalue weighted by atomic mass is 10.1. The van der Waals surface area contributed by atoms with Crippen molar-refractivity contribution < 1.29 is 9.59 Å². The van der Waals surface area contributed by atoms with Crippen LogP contribution in [-0.2, 0) is 17.6 Å². The summed E-state index contributed by atoms with van der Waals surface area (Å²) in [5.74, 6) is -0.228. The molecule has 3 rings (SSSR count). The normalized spacial score (nSPS) is 14.3. The van der Waals surface area contributed by atoms with E-state index in [-0.39, 0.29) is 12.5 Å². The molecule has 0 aliphatic heterocycles. The Kier molecular flexibility index (Phi) is 8.06. The van der Waals surface area contributed by atoms with Crippen LogP contribution in [0, 0.1) is 0 Å². The molecule has 0 radical (unpaired) electrons. The maximum absolute atomic E-state index is 12.4. The average Bonchev–Trinajstić information content (AvgIpc) is 3.40. The zero-order valence-corrected chi connectivity index (χ0v) is 17.0. The third kappa shape index (κ3) is 6.77. The van der Waals surface area contributed by atoms with E-state index >= 15 is 0 Å². The Morgan fingerprint density at radius 1 is 1.04 bits per heavy atom. The number of hydrogen-bond acceptors (Lipinski definition) is 4. The molecule has 2 N–H and O–H groups in total. The van der Waals surface area contributed by atoms with Crippen molar-refractivity contribution in [2.45, 2.75) is 44.6 Å². The van der Waals surface area contributed by atoms with E-state index in [2.05, 4.69) is 27.7 Å². The summed E-state index contributed by atoms with van der Waals surface area (Å²) in [6.45, 7) is 1.64. The van der Waals surface area contributed by atoms with Crippen LogP contribution in [0.2, 0.25) is 0 Å². The first-order chi connectivity index (χ1) is 13.7. The number of carbonyl (C=O) groups is 2. The van der Waals surface area contributed by atoms with Gasteiger partial charge in [0.15, 0.2) is 0 Å². The van der Waals surface area contributed by atoms with Crippen molar-refractivity contribution in [3.8, 4) is 0 Å². The van der Waals surface area contributed by atoms with Crippen LogP contribution in [0.5, 0.6) is 0 Å². The minimum absolute atomic E-state index is 0.228. The van der Waals surface area contributed by atoms with Crippen molar-refractivity contribution in [1.29, 1.82) is 0 Å². The molecule has 1 aromatic carbocycles. The monoisotopic (exact) mass is 399 g/mol. The van der Waals surface area contributed by atoms with Gasteiger partial charge < -0.3 is 5.32 Å². The molecule has 28 heavy (non-hydrogen) atoms. The van der Waals surface area contributed by atoms with E-state index in [1.807, 2.05) is 35.7 Å². The molecule has 1 aliphatic rings. The van der Waals surface area contributed by atoms with E-state index < -0.39 is 6.03 Å². The summed E-state index contributed by atoms with van der Waals surface area (Å²) >= 11 is 1.67. The molecule has 0 spiro atoms. The predicted molar refractivity (Wildman–Crippen MR) is 114 cm³/mol. The number of rotatable bonds is 9. The SMILES string of the molecule is O=C(CN(CCc1ccccc1)C1CCCC1)NC(=O)NCCc1cccs1. The van der Waals surface area contributed by atoms with Crippen LogP contribution in [0.15, 0.2) is 47.8 Å². The smallest absolute Gasteiger partial charge is 0.321 e. The van der Waals surface area contributed by atoms with Gasteiger partial charge in [0.25, 0.3) is 0 Å². The number of imide groups is 1. The second kappa shape index (κ2) is 11.0. The second-order valence-electron chi connectivity index (χ2n) is 7.28. The van der Waals surface area contributed by atoms with Crippen molar-refractivity contribution in [2.24, 2.45) is 0 Å². The van der Waals surface area contributed by atoms with Crippen molar-refractivity contribution in [3.63, 3.8) is 0 Å². The number of carbonyl (C=O) groups excluding carboxylic acids is 2. The van der Waals surface area contributed by atoms with Gasteiger partial charge in [-0.2, -0.15) is 0 Å². The van der Waals surface area contributed by atoms with Gasteiger partial charge in [-0.05, 0) is 42.7 Å². The lowest BCUT2D eigenvalue weighted by Crippen LogP contribution is -2.47. The predicted octanol–water partition coefficient (Wildman–Crippen LogP) is 3.60. The van der Waals surface area contributed by atoms with Crippen molar-refractivity contribution in [2.75, 3.05) is 19.6 Å². The van der Waals surface area contributed by atoms with Crippen molar-refractivity contribution >= 4 is 23.3 Å². The highest BCUT2D eigenvalue weighted by atomic mass is 32.1. The molecular formula is C22H29N3O2S. The van der Waals surface area contributed by atoms with Gasteiger partial charge >= 0.3 is 6.03 Å². The zero-order valence-electron chi connectivity index (χ0n) is 16.2. The molecule has 2 aromatic rings. The molecule has 0 atom stereocenters. The summed E-state index contributed by atoms with van der Waals surface area (Å²) in [6, 6.07) is 14.4. The first-order valence-corrected chi connectivity index (χ1v) is 11.0. The minimum Gasteiger partial charge on any atom is -0.337 e. The molecule has 1 aromatic heterocycles. The standard InChI is InChI=1S/C22H29N3O2S/c26-21(24-22(27)23-14-12-20-11-6-16-28-20)17-25(19-9-4-5-10-19)15-13-18-7-2-1-3-8-18/h1-3,6-8,11,16,19H,4-5,9-10,12-15,17H2,(H2,23,24,26,27). The van der Waals surface area contributed by atoms with Crippen LogP contribution in [0.3, 0.4) is 0 Å². The first-order valence-electron chi connectivity index (χ1n) is 10.1. The molecule has 0 bridgehead atoms. The van der Waals surface area contributed by atoms with E-state index in [0.29, 0.717) is 12.6 Å². The van der Waals surface area contributed by atoms with Crippen LogP contribution in [-0.4, -0.2) is 42.5 Å². The number of nitrogens with one attached hydrogen (secondary N) is 2. The Morgan fingerprint density at radius 3 is 2.54 bits per heavy atom. The van der Waals surface area contributed by atoms with Gasteiger partial charge in [0.1, 0.15) is 0 Å². The first kappa shape index (κ1) is 20.6. The number of benzene rings is 1. The molecule has 3 amide bonds. The molecule has 150 valence electrons. The molecule has 1 aliphatic carbocycles. The van der Waals surface area contributed by atoms with Gasteiger partial charge in [-0.1, -0.05) is 49.2 Å². The number of amides is 3. The minimum atomic E-state index is -0.406. The molecular weight excluding hydrogens is 370 g/mol. The summed E-state index contributed by atoms with van der Waals surface area (Å²) in [7, 11) is 0. The number of nitrogens with zero attached hydrogens (tertiary/aromatic N) is 1. The lowest BCUT2D eigenvalue weighted by molar-refractivity contribution is -0.121. The van der Waals surface area contributed by atoms with E-state index in [0.717, 1.165) is 32.2 Å². The van der Waals surface area contributed by atoms with Gasteiger partial charge in [0.2, 0.25) is 5.91 Å². The highest BCUT2D eigenvalue weighted by molar-refractivity contribution is 7.09. The topological polar surface area (TPSA) is 61.4 Å². The fourth-order valence-corrected chi connectivity index (χ4v) is 4.44. The summed E-state index contributed by atoms with van der Waals surface area (Å²) in [4.78, 5) is 27.9. The van der Waals surface area contributed by atoms with E-state index in [9.17, 15) is 9.59 Å². The molecule has 6 heteroatoms. The fourth-order valence-electron chi connectivity index (χ4n) is 3.73. The summed E-state index contributed by atoms with van der Waals surface area (Å²) in [5, 5.41) is 7.27. The number of thiophene rings is 1. The van der Waals surface area contributed by atoms with Crippen LogP contribution in [0.4, 0.5) is 4.79 Å². The molecule has 1 saturated carbocycles. The van der Waals surface area contributed by atoms with Crippen LogP contribution < -0.4 is 10.6 Å². The van der Waals surface area contributed by atoms with Crippen molar-refractivity contribution in [1.82, 2.24) is 15.5 Å². The highest BCUT2D eigenvalue weighted by Crippen LogP contribution is 2.23. The Bertz CT molecular complexity index is 728. The number of hydrogen-bond donors (Lipinski definition) is 2. The largest absolute Gasteiger partial charge is 0.337 e. The Hall–Kier alpha value is -2.18. The third-order valence-corrected chi connectivity index (χ3v) is 6.14. The highest BCUT2D eigenvalue weighted by Gasteiger charge is 2.24. The maximum atomic E-state index is 12.4. The third-order valence-electron chi connectivity index (χ3n) is 5.21. The lowest BCUT2D eigenvalue weighted by Gasteiger charge is -2.28. The van der Waals surface area contributed by atoms with Gasteiger partial charge in [-0.3, -0.25) is 15.0 Å². The average molecular weight is 400 g/mol. The molecule has 0 saturated heterocycles. The Balaban J connectivity index is 1.44. The summed E-state index contributed by atoms with van der Waals surface area (Å²) in [6.07, 6.45) is 6.40.